The summed E-state index contributed by atoms with van der Waals surface area (Å²) in [5.41, 5.74) is 0.608. The Bertz CT molecular complexity index is 703. The van der Waals surface area contributed by atoms with Crippen molar-refractivity contribution in [2.75, 3.05) is 6.61 Å². The fourth-order valence-corrected chi connectivity index (χ4v) is 3.28. The number of hydrogen-bond acceptors (Lipinski definition) is 5. The molecule has 0 bridgehead atoms. The van der Waals surface area contributed by atoms with Crippen LogP contribution in [0.15, 0.2) is 11.1 Å². The lowest BCUT2D eigenvalue weighted by Crippen LogP contribution is -2.20. The van der Waals surface area contributed by atoms with Gasteiger partial charge in [-0.3, -0.25) is 9.36 Å². The van der Waals surface area contributed by atoms with E-state index in [1.54, 1.807) is 24.7 Å². The Hall–Kier alpha value is -1.69. The molecule has 0 aliphatic heterocycles. The maximum absolute atomic E-state index is 12.5. The Kier molecular flexibility index (Phi) is 5.12. The van der Waals surface area contributed by atoms with Crippen molar-refractivity contribution in [1.29, 1.82) is 0 Å². The third-order valence-corrected chi connectivity index (χ3v) is 4.56. The number of aryl methyl sites for hydroxylation is 2. The Morgan fingerprint density at radius 3 is 2.81 bits per heavy atom. The predicted octanol–water partition coefficient (Wildman–Crippen LogP) is 3.13. The van der Waals surface area contributed by atoms with Crippen molar-refractivity contribution in [2.45, 2.75) is 46.6 Å². The predicted molar refractivity (Wildman–Crippen MR) is 84.1 cm³/mol. The zero-order valence-electron chi connectivity index (χ0n) is 12.6. The summed E-state index contributed by atoms with van der Waals surface area (Å²) in [6, 6.07) is 0. The molecule has 5 nitrogen and oxygen atoms in total. The molecule has 2 heterocycles. The molecular formula is C15H20N2O3S. The van der Waals surface area contributed by atoms with Gasteiger partial charge in [-0.2, -0.15) is 0 Å². The number of unbranched alkanes of at least 4 members (excludes halogenated alkanes) is 2. The van der Waals surface area contributed by atoms with Crippen molar-refractivity contribution < 1.29 is 9.53 Å². The number of hydrogen-bond donors (Lipinski definition) is 0. The Labute approximate surface area is 127 Å². The molecule has 0 unspecified atom stereocenters. The Morgan fingerprint density at radius 2 is 2.14 bits per heavy atom. The standard InChI is InChI=1S/C15H20N2O3S/c1-4-6-7-8-17-9-16-13-11(14(17)18)10(3)12(21-13)15(19)20-5-2/h9H,4-8H2,1-3H3. The summed E-state index contributed by atoms with van der Waals surface area (Å²) >= 11 is 1.22. The van der Waals surface area contributed by atoms with Crippen LogP contribution in [0, 0.1) is 6.92 Å². The normalized spacial score (nSPS) is 11.0. The highest BCUT2D eigenvalue weighted by atomic mass is 32.1. The second-order valence-corrected chi connectivity index (χ2v) is 5.91. The molecule has 0 fully saturated rings. The van der Waals surface area contributed by atoms with Crippen molar-refractivity contribution in [3.63, 3.8) is 0 Å². The van der Waals surface area contributed by atoms with Gasteiger partial charge in [-0.1, -0.05) is 19.8 Å². The lowest BCUT2D eigenvalue weighted by Gasteiger charge is -2.04. The molecule has 0 N–H and O–H groups in total. The first-order valence-corrected chi connectivity index (χ1v) is 8.07. The van der Waals surface area contributed by atoms with Crippen LogP contribution in [-0.4, -0.2) is 22.1 Å². The summed E-state index contributed by atoms with van der Waals surface area (Å²) in [7, 11) is 0. The second-order valence-electron chi connectivity index (χ2n) is 4.91. The molecular weight excluding hydrogens is 288 g/mol. The molecule has 2 aromatic heterocycles. The van der Waals surface area contributed by atoms with Crippen molar-refractivity contribution in [1.82, 2.24) is 9.55 Å². The minimum Gasteiger partial charge on any atom is -0.462 e. The van der Waals surface area contributed by atoms with Gasteiger partial charge in [0, 0.05) is 6.54 Å². The quantitative estimate of drug-likeness (QED) is 0.607. The van der Waals surface area contributed by atoms with Gasteiger partial charge in [0.1, 0.15) is 9.71 Å². The van der Waals surface area contributed by atoms with Crippen LogP contribution in [0.4, 0.5) is 0 Å². The van der Waals surface area contributed by atoms with Gasteiger partial charge in [0.25, 0.3) is 5.56 Å². The van der Waals surface area contributed by atoms with Gasteiger partial charge >= 0.3 is 5.97 Å². The van der Waals surface area contributed by atoms with Crippen LogP contribution in [0.5, 0.6) is 0 Å². The lowest BCUT2D eigenvalue weighted by molar-refractivity contribution is 0.0531. The number of esters is 1. The molecule has 0 atom stereocenters. The van der Waals surface area contributed by atoms with Crippen molar-refractivity contribution in [2.24, 2.45) is 0 Å². The second kappa shape index (κ2) is 6.85. The molecule has 6 heteroatoms. The summed E-state index contributed by atoms with van der Waals surface area (Å²) in [6.07, 6.45) is 4.72. The number of rotatable bonds is 6. The third-order valence-electron chi connectivity index (χ3n) is 3.38. The van der Waals surface area contributed by atoms with Crippen LogP contribution < -0.4 is 5.56 Å². The lowest BCUT2D eigenvalue weighted by atomic mass is 10.2. The Morgan fingerprint density at radius 1 is 1.38 bits per heavy atom. The molecule has 0 saturated carbocycles. The number of thiophene rings is 1. The van der Waals surface area contributed by atoms with Crippen molar-refractivity contribution in [3.05, 3.63) is 27.1 Å². The van der Waals surface area contributed by atoms with Crippen LogP contribution in [0.2, 0.25) is 0 Å². The topological polar surface area (TPSA) is 61.2 Å². The van der Waals surface area contributed by atoms with Gasteiger partial charge in [-0.05, 0) is 25.8 Å². The summed E-state index contributed by atoms with van der Waals surface area (Å²) in [5.74, 6) is -0.380. The first-order chi connectivity index (χ1) is 10.1. The molecule has 0 aliphatic carbocycles. The van der Waals surface area contributed by atoms with Crippen molar-refractivity contribution in [3.8, 4) is 0 Å². The maximum atomic E-state index is 12.5. The van der Waals surface area contributed by atoms with E-state index in [0.717, 1.165) is 19.3 Å². The van der Waals surface area contributed by atoms with E-state index in [2.05, 4.69) is 11.9 Å². The monoisotopic (exact) mass is 308 g/mol. The molecule has 0 saturated heterocycles. The highest BCUT2D eigenvalue weighted by Gasteiger charge is 2.20. The number of carbonyl (C=O) groups is 1. The summed E-state index contributed by atoms with van der Waals surface area (Å²) in [5, 5.41) is 0.544. The fourth-order valence-electron chi connectivity index (χ4n) is 2.24. The van der Waals surface area contributed by atoms with Crippen LogP contribution in [0.1, 0.15) is 48.3 Å². The molecule has 2 aromatic rings. The minimum atomic E-state index is -0.380. The van der Waals surface area contributed by atoms with Crippen LogP contribution in [0.25, 0.3) is 10.2 Å². The largest absolute Gasteiger partial charge is 0.462 e. The maximum Gasteiger partial charge on any atom is 0.348 e. The number of fused-ring (bicyclic) bond motifs is 1. The first kappa shape index (κ1) is 15.7. The van der Waals surface area contributed by atoms with E-state index in [1.807, 2.05) is 0 Å². The van der Waals surface area contributed by atoms with Gasteiger partial charge in [0.2, 0.25) is 0 Å². The third kappa shape index (κ3) is 3.15. The number of ether oxygens (including phenoxy) is 1. The van der Waals surface area contributed by atoms with E-state index in [1.165, 1.54) is 11.3 Å². The molecule has 114 valence electrons. The van der Waals surface area contributed by atoms with E-state index >= 15 is 0 Å². The van der Waals surface area contributed by atoms with Gasteiger partial charge in [-0.25, -0.2) is 9.78 Å². The zero-order valence-corrected chi connectivity index (χ0v) is 13.5. The van der Waals surface area contributed by atoms with E-state index in [4.69, 9.17) is 4.74 Å². The summed E-state index contributed by atoms with van der Waals surface area (Å²) in [4.78, 5) is 29.8. The van der Waals surface area contributed by atoms with Crippen LogP contribution in [-0.2, 0) is 11.3 Å². The van der Waals surface area contributed by atoms with Gasteiger partial charge in [0.15, 0.2) is 0 Å². The zero-order chi connectivity index (χ0) is 15.4. The smallest absolute Gasteiger partial charge is 0.348 e. The summed E-state index contributed by atoms with van der Waals surface area (Å²) < 4.78 is 6.65. The van der Waals surface area contributed by atoms with E-state index < -0.39 is 0 Å². The van der Waals surface area contributed by atoms with Crippen molar-refractivity contribution >= 4 is 27.5 Å². The molecule has 2 rings (SSSR count). The van der Waals surface area contributed by atoms with Gasteiger partial charge in [0.05, 0.1) is 18.3 Å². The van der Waals surface area contributed by atoms with E-state index in [9.17, 15) is 9.59 Å². The summed E-state index contributed by atoms with van der Waals surface area (Å²) in [6.45, 7) is 6.66. The average molecular weight is 308 g/mol. The number of carbonyl (C=O) groups excluding carboxylic acids is 1. The molecule has 0 amide bonds. The van der Waals surface area contributed by atoms with Crippen LogP contribution in [0.3, 0.4) is 0 Å². The molecule has 0 spiro atoms. The average Bonchev–Trinajstić information content (AvgIpc) is 2.80. The van der Waals surface area contributed by atoms with E-state index in [0.29, 0.717) is 33.8 Å². The molecule has 0 aliphatic rings. The molecule has 0 radical (unpaired) electrons. The molecule has 21 heavy (non-hydrogen) atoms. The molecule has 0 aromatic carbocycles. The highest BCUT2D eigenvalue weighted by Crippen LogP contribution is 2.27. The fraction of sp³-hybridized carbons (Fsp3) is 0.533. The van der Waals surface area contributed by atoms with Crippen LogP contribution >= 0.6 is 11.3 Å². The number of nitrogens with zero attached hydrogens (tertiary/aromatic N) is 2. The SMILES string of the molecule is CCCCCn1cnc2sc(C(=O)OCC)c(C)c2c1=O. The minimum absolute atomic E-state index is 0.0691. The van der Waals surface area contributed by atoms with Gasteiger partial charge in [-0.15, -0.1) is 11.3 Å². The highest BCUT2D eigenvalue weighted by molar-refractivity contribution is 7.20. The van der Waals surface area contributed by atoms with E-state index in [-0.39, 0.29) is 11.5 Å². The first-order valence-electron chi connectivity index (χ1n) is 7.25. The number of aromatic nitrogens is 2. The Balaban J connectivity index is 2.42. The van der Waals surface area contributed by atoms with Gasteiger partial charge < -0.3 is 4.74 Å².